The molecule has 1 N–H and O–H groups in total. The van der Waals surface area contributed by atoms with E-state index in [4.69, 9.17) is 0 Å². The van der Waals surface area contributed by atoms with Crippen molar-refractivity contribution < 1.29 is 0 Å². The first-order valence-electron chi connectivity index (χ1n) is 6.34. The zero-order chi connectivity index (χ0) is 13.2. The average Bonchev–Trinajstić information content (AvgIpc) is 2.85. The standard InChI is InChI=1S/C15H16N4/c1-11-7-8-12(10-16-2)9-15(11)19-17-13-5-3-4-6-14(13)18-19/h3-9,16H,10H2,1-2H3. The maximum absolute atomic E-state index is 4.53. The first-order valence-corrected chi connectivity index (χ1v) is 6.34. The third-order valence-corrected chi connectivity index (χ3v) is 3.16. The van der Waals surface area contributed by atoms with E-state index in [2.05, 4.69) is 40.6 Å². The van der Waals surface area contributed by atoms with Gasteiger partial charge in [0, 0.05) is 6.54 Å². The SMILES string of the molecule is CNCc1ccc(C)c(-n2nc3ccccc3n2)c1. The van der Waals surface area contributed by atoms with Crippen molar-refractivity contribution in [2.24, 2.45) is 0 Å². The highest BCUT2D eigenvalue weighted by Gasteiger charge is 2.07. The van der Waals surface area contributed by atoms with Gasteiger partial charge in [-0.15, -0.1) is 10.2 Å². The van der Waals surface area contributed by atoms with Gasteiger partial charge >= 0.3 is 0 Å². The molecule has 0 fully saturated rings. The highest BCUT2D eigenvalue weighted by molar-refractivity contribution is 5.73. The van der Waals surface area contributed by atoms with E-state index in [1.165, 1.54) is 11.1 Å². The number of benzene rings is 2. The lowest BCUT2D eigenvalue weighted by molar-refractivity contribution is 0.753. The number of nitrogens with one attached hydrogen (secondary N) is 1. The molecule has 0 amide bonds. The molecule has 1 heterocycles. The smallest absolute Gasteiger partial charge is 0.113 e. The Morgan fingerprint density at radius 3 is 2.37 bits per heavy atom. The maximum atomic E-state index is 4.53. The minimum atomic E-state index is 0.841. The quantitative estimate of drug-likeness (QED) is 0.778. The lowest BCUT2D eigenvalue weighted by Crippen LogP contribution is -2.07. The highest BCUT2D eigenvalue weighted by Crippen LogP contribution is 2.17. The average molecular weight is 252 g/mol. The first kappa shape index (κ1) is 11.9. The van der Waals surface area contributed by atoms with E-state index in [0.717, 1.165) is 23.3 Å². The number of aromatic nitrogens is 3. The Balaban J connectivity index is 2.11. The fourth-order valence-electron chi connectivity index (χ4n) is 2.15. The summed E-state index contributed by atoms with van der Waals surface area (Å²) in [5.41, 5.74) is 5.26. The van der Waals surface area contributed by atoms with Crippen molar-refractivity contribution in [1.82, 2.24) is 20.3 Å². The number of hydrogen-bond donors (Lipinski definition) is 1. The summed E-state index contributed by atoms with van der Waals surface area (Å²) in [6.45, 7) is 2.92. The molecule has 1 aromatic heterocycles. The van der Waals surface area contributed by atoms with Crippen molar-refractivity contribution in [2.45, 2.75) is 13.5 Å². The van der Waals surface area contributed by atoms with Crippen LogP contribution in [-0.2, 0) is 6.54 Å². The normalized spacial score (nSPS) is 11.1. The molecule has 0 bridgehead atoms. The maximum Gasteiger partial charge on any atom is 0.113 e. The van der Waals surface area contributed by atoms with Gasteiger partial charge in [-0.05, 0) is 43.3 Å². The van der Waals surface area contributed by atoms with Crippen LogP contribution in [0.25, 0.3) is 16.7 Å². The molecule has 0 spiro atoms. The first-order chi connectivity index (χ1) is 9.28. The van der Waals surface area contributed by atoms with Crippen LogP contribution in [0.5, 0.6) is 0 Å². The summed E-state index contributed by atoms with van der Waals surface area (Å²) in [5, 5.41) is 12.2. The number of hydrogen-bond acceptors (Lipinski definition) is 3. The molecule has 4 heteroatoms. The van der Waals surface area contributed by atoms with Gasteiger partial charge in [0.05, 0.1) is 5.69 Å². The summed E-state index contributed by atoms with van der Waals surface area (Å²) in [5.74, 6) is 0. The predicted molar refractivity (Wildman–Crippen MR) is 76.4 cm³/mol. The lowest BCUT2D eigenvalue weighted by Gasteiger charge is -2.07. The molecular formula is C15H16N4. The molecule has 0 atom stereocenters. The fourth-order valence-corrected chi connectivity index (χ4v) is 2.15. The molecule has 0 aliphatic rings. The second-order valence-electron chi connectivity index (χ2n) is 4.63. The predicted octanol–water partition coefficient (Wildman–Crippen LogP) is 2.45. The third kappa shape index (κ3) is 2.22. The van der Waals surface area contributed by atoms with Gasteiger partial charge < -0.3 is 5.32 Å². The van der Waals surface area contributed by atoms with Crippen LogP contribution in [0.1, 0.15) is 11.1 Å². The summed E-state index contributed by atoms with van der Waals surface area (Å²) >= 11 is 0. The summed E-state index contributed by atoms with van der Waals surface area (Å²) in [6.07, 6.45) is 0. The van der Waals surface area contributed by atoms with Gasteiger partial charge in [-0.25, -0.2) is 0 Å². The third-order valence-electron chi connectivity index (χ3n) is 3.16. The van der Waals surface area contributed by atoms with Gasteiger partial charge in [-0.3, -0.25) is 0 Å². The van der Waals surface area contributed by atoms with Crippen LogP contribution in [-0.4, -0.2) is 22.0 Å². The molecule has 0 unspecified atom stereocenters. The zero-order valence-electron chi connectivity index (χ0n) is 11.1. The van der Waals surface area contributed by atoms with E-state index in [1.54, 1.807) is 4.80 Å². The van der Waals surface area contributed by atoms with Crippen molar-refractivity contribution in [3.05, 3.63) is 53.6 Å². The van der Waals surface area contributed by atoms with Gasteiger partial charge in [0.2, 0.25) is 0 Å². The Kier molecular flexibility index (Phi) is 3.01. The molecule has 0 radical (unpaired) electrons. The van der Waals surface area contributed by atoms with E-state index in [1.807, 2.05) is 31.3 Å². The van der Waals surface area contributed by atoms with Crippen molar-refractivity contribution in [3.8, 4) is 5.69 Å². The molecule has 3 aromatic rings. The minimum absolute atomic E-state index is 0.841. The van der Waals surface area contributed by atoms with Gasteiger partial charge in [-0.1, -0.05) is 24.3 Å². The number of rotatable bonds is 3. The van der Waals surface area contributed by atoms with E-state index in [9.17, 15) is 0 Å². The second-order valence-corrected chi connectivity index (χ2v) is 4.63. The van der Waals surface area contributed by atoms with Gasteiger partial charge in [-0.2, -0.15) is 4.80 Å². The molecule has 0 saturated heterocycles. The van der Waals surface area contributed by atoms with Gasteiger partial charge in [0.1, 0.15) is 11.0 Å². The Morgan fingerprint density at radius 2 is 1.74 bits per heavy atom. The van der Waals surface area contributed by atoms with Crippen LogP contribution in [0.2, 0.25) is 0 Å². The molecule has 0 aliphatic carbocycles. The Hall–Kier alpha value is -2.20. The summed E-state index contributed by atoms with van der Waals surface area (Å²) in [6, 6.07) is 14.3. The number of aryl methyl sites for hydroxylation is 1. The van der Waals surface area contributed by atoms with Crippen molar-refractivity contribution in [1.29, 1.82) is 0 Å². The van der Waals surface area contributed by atoms with Crippen LogP contribution in [0, 0.1) is 6.92 Å². The van der Waals surface area contributed by atoms with Crippen molar-refractivity contribution >= 4 is 11.0 Å². The van der Waals surface area contributed by atoms with Crippen LogP contribution in [0.4, 0.5) is 0 Å². The lowest BCUT2D eigenvalue weighted by atomic mass is 10.1. The van der Waals surface area contributed by atoms with Crippen molar-refractivity contribution in [2.75, 3.05) is 7.05 Å². The minimum Gasteiger partial charge on any atom is -0.316 e. The Bertz CT molecular complexity index is 682. The van der Waals surface area contributed by atoms with E-state index in [0.29, 0.717) is 0 Å². The Morgan fingerprint density at radius 1 is 1.05 bits per heavy atom. The second kappa shape index (κ2) is 4.82. The fraction of sp³-hybridized carbons (Fsp3) is 0.200. The topological polar surface area (TPSA) is 42.7 Å². The Labute approximate surface area is 112 Å². The summed E-state index contributed by atoms with van der Waals surface area (Å²) in [4.78, 5) is 1.72. The van der Waals surface area contributed by atoms with E-state index >= 15 is 0 Å². The molecule has 2 aromatic carbocycles. The van der Waals surface area contributed by atoms with Gasteiger partial charge in [0.25, 0.3) is 0 Å². The van der Waals surface area contributed by atoms with E-state index < -0.39 is 0 Å². The summed E-state index contributed by atoms with van der Waals surface area (Å²) < 4.78 is 0. The van der Waals surface area contributed by atoms with Crippen LogP contribution in [0.3, 0.4) is 0 Å². The molecule has 96 valence electrons. The molecule has 0 aliphatic heterocycles. The highest BCUT2D eigenvalue weighted by atomic mass is 15.5. The molecule has 0 saturated carbocycles. The van der Waals surface area contributed by atoms with Crippen LogP contribution >= 0.6 is 0 Å². The van der Waals surface area contributed by atoms with Crippen LogP contribution < -0.4 is 5.32 Å². The largest absolute Gasteiger partial charge is 0.316 e. The molecule has 3 rings (SSSR count). The summed E-state index contributed by atoms with van der Waals surface area (Å²) in [7, 11) is 1.94. The monoisotopic (exact) mass is 252 g/mol. The van der Waals surface area contributed by atoms with E-state index in [-0.39, 0.29) is 0 Å². The zero-order valence-corrected chi connectivity index (χ0v) is 11.1. The van der Waals surface area contributed by atoms with Crippen molar-refractivity contribution in [3.63, 3.8) is 0 Å². The number of nitrogens with zero attached hydrogens (tertiary/aromatic N) is 3. The number of fused-ring (bicyclic) bond motifs is 1. The molecular weight excluding hydrogens is 236 g/mol. The molecule has 19 heavy (non-hydrogen) atoms. The van der Waals surface area contributed by atoms with Gasteiger partial charge in [0.15, 0.2) is 0 Å². The molecule has 4 nitrogen and oxygen atoms in total. The van der Waals surface area contributed by atoms with Crippen LogP contribution in [0.15, 0.2) is 42.5 Å².